The Hall–Kier alpha value is -1.97. The maximum atomic E-state index is 12.9. The molecule has 9 heteroatoms. The average Bonchev–Trinajstić information content (AvgIpc) is 3.14. The molecule has 1 unspecified atom stereocenters. The van der Waals surface area contributed by atoms with Gasteiger partial charge in [-0.05, 0) is 56.2 Å². The van der Waals surface area contributed by atoms with Gasteiger partial charge in [-0.25, -0.2) is 12.8 Å². The van der Waals surface area contributed by atoms with Gasteiger partial charge < -0.3 is 10.1 Å². The SMILES string of the molecule is Cc1ccc(S(=O)(=O)N2CCCC(C(=O)NCCOc3ccc(F)cc3)C2)s1. The molecule has 1 aromatic carbocycles. The molecule has 152 valence electrons. The first-order valence-electron chi connectivity index (χ1n) is 9.09. The molecule has 1 aliphatic rings. The minimum Gasteiger partial charge on any atom is -0.492 e. The molecule has 2 heterocycles. The van der Waals surface area contributed by atoms with Crippen LogP contribution < -0.4 is 10.1 Å². The standard InChI is InChI=1S/C19H23FN2O4S2/c1-14-4-9-18(27-14)28(24,25)22-11-2-3-15(13-22)19(23)21-10-12-26-17-7-5-16(20)6-8-17/h4-9,15H,2-3,10-13H2,1H3,(H,21,23). The van der Waals surface area contributed by atoms with E-state index in [0.29, 0.717) is 35.9 Å². The summed E-state index contributed by atoms with van der Waals surface area (Å²) in [7, 11) is -3.56. The molecule has 2 aromatic rings. The van der Waals surface area contributed by atoms with Gasteiger partial charge in [0.2, 0.25) is 5.91 Å². The average molecular weight is 427 g/mol. The Morgan fingerprint density at radius 1 is 1.29 bits per heavy atom. The molecule has 1 saturated heterocycles. The van der Waals surface area contributed by atoms with Gasteiger partial charge in [-0.15, -0.1) is 11.3 Å². The van der Waals surface area contributed by atoms with Crippen LogP contribution in [0.4, 0.5) is 4.39 Å². The molecular weight excluding hydrogens is 403 g/mol. The highest BCUT2D eigenvalue weighted by atomic mass is 32.2. The molecule has 28 heavy (non-hydrogen) atoms. The third-order valence-corrected chi connectivity index (χ3v) is 7.88. The molecular formula is C19H23FN2O4S2. The lowest BCUT2D eigenvalue weighted by Gasteiger charge is -2.30. The van der Waals surface area contributed by atoms with Crippen LogP contribution in [0.15, 0.2) is 40.6 Å². The first-order chi connectivity index (χ1) is 13.4. The Labute approximate surface area is 168 Å². The maximum Gasteiger partial charge on any atom is 0.252 e. The van der Waals surface area contributed by atoms with Crippen molar-refractivity contribution in [3.05, 3.63) is 47.1 Å². The van der Waals surface area contributed by atoms with Gasteiger partial charge in [-0.1, -0.05) is 0 Å². The predicted octanol–water partition coefficient (Wildman–Crippen LogP) is 2.79. The predicted molar refractivity (Wildman–Crippen MR) is 105 cm³/mol. The summed E-state index contributed by atoms with van der Waals surface area (Å²) < 4.78 is 45.6. The van der Waals surface area contributed by atoms with Gasteiger partial charge in [0.25, 0.3) is 10.0 Å². The lowest BCUT2D eigenvalue weighted by molar-refractivity contribution is -0.126. The fraction of sp³-hybridized carbons (Fsp3) is 0.421. The fourth-order valence-corrected chi connectivity index (χ4v) is 6.03. The second kappa shape index (κ2) is 9.02. The van der Waals surface area contributed by atoms with Gasteiger partial charge in [0, 0.05) is 18.0 Å². The van der Waals surface area contributed by atoms with E-state index in [0.717, 1.165) is 4.88 Å². The number of nitrogens with zero attached hydrogens (tertiary/aromatic N) is 1. The van der Waals surface area contributed by atoms with Crippen molar-refractivity contribution in [1.29, 1.82) is 0 Å². The molecule has 1 amide bonds. The van der Waals surface area contributed by atoms with Gasteiger partial charge >= 0.3 is 0 Å². The third-order valence-electron chi connectivity index (χ3n) is 4.55. The van der Waals surface area contributed by atoms with Crippen LogP contribution in [0, 0.1) is 18.7 Å². The third kappa shape index (κ3) is 5.09. The lowest BCUT2D eigenvalue weighted by atomic mass is 9.99. The van der Waals surface area contributed by atoms with Gasteiger partial charge in [-0.3, -0.25) is 4.79 Å². The Morgan fingerprint density at radius 2 is 2.04 bits per heavy atom. The van der Waals surface area contributed by atoms with Crippen LogP contribution in [0.25, 0.3) is 0 Å². The van der Waals surface area contributed by atoms with E-state index in [1.54, 1.807) is 12.1 Å². The quantitative estimate of drug-likeness (QED) is 0.691. The summed E-state index contributed by atoms with van der Waals surface area (Å²) in [5.41, 5.74) is 0. The van der Waals surface area contributed by atoms with Crippen LogP contribution >= 0.6 is 11.3 Å². The van der Waals surface area contributed by atoms with Crippen molar-refractivity contribution in [2.24, 2.45) is 5.92 Å². The van der Waals surface area contributed by atoms with E-state index < -0.39 is 10.0 Å². The van der Waals surface area contributed by atoms with E-state index >= 15 is 0 Å². The summed E-state index contributed by atoms with van der Waals surface area (Å²) in [6.07, 6.45) is 1.30. The molecule has 1 fully saturated rings. The molecule has 1 aliphatic heterocycles. The number of nitrogens with one attached hydrogen (secondary N) is 1. The number of carbonyl (C=O) groups excluding carboxylic acids is 1. The van der Waals surface area contributed by atoms with Crippen molar-refractivity contribution < 1.29 is 22.3 Å². The summed E-state index contributed by atoms with van der Waals surface area (Å²) in [5, 5.41) is 2.79. The van der Waals surface area contributed by atoms with E-state index in [4.69, 9.17) is 4.74 Å². The Bertz CT molecular complexity index is 912. The van der Waals surface area contributed by atoms with Gasteiger partial charge in [0.05, 0.1) is 12.5 Å². The van der Waals surface area contributed by atoms with E-state index in [2.05, 4.69) is 5.32 Å². The minimum absolute atomic E-state index is 0.176. The van der Waals surface area contributed by atoms with Crippen LogP contribution in [0.2, 0.25) is 0 Å². The van der Waals surface area contributed by atoms with Gasteiger partial charge in [-0.2, -0.15) is 4.31 Å². The fourth-order valence-electron chi connectivity index (χ4n) is 3.07. The largest absolute Gasteiger partial charge is 0.492 e. The zero-order chi connectivity index (χ0) is 20.1. The van der Waals surface area contributed by atoms with E-state index in [-0.39, 0.29) is 30.8 Å². The monoisotopic (exact) mass is 426 g/mol. The first kappa shape index (κ1) is 20.8. The van der Waals surface area contributed by atoms with Crippen molar-refractivity contribution in [3.8, 4) is 5.75 Å². The molecule has 0 radical (unpaired) electrons. The number of halogens is 1. The summed E-state index contributed by atoms with van der Waals surface area (Å²) in [6.45, 7) is 3.02. The molecule has 1 atom stereocenters. The van der Waals surface area contributed by atoms with Crippen LogP contribution in [0.5, 0.6) is 5.75 Å². The number of hydrogen-bond donors (Lipinski definition) is 1. The highest BCUT2D eigenvalue weighted by molar-refractivity contribution is 7.91. The van der Waals surface area contributed by atoms with Crippen molar-refractivity contribution in [3.63, 3.8) is 0 Å². The number of benzene rings is 1. The molecule has 3 rings (SSSR count). The molecule has 6 nitrogen and oxygen atoms in total. The second-order valence-corrected chi connectivity index (χ2v) is 10.1. The van der Waals surface area contributed by atoms with Crippen molar-refractivity contribution in [2.75, 3.05) is 26.2 Å². The first-order valence-corrected chi connectivity index (χ1v) is 11.3. The maximum absolute atomic E-state index is 12.9. The molecule has 1 aromatic heterocycles. The Morgan fingerprint density at radius 3 is 2.71 bits per heavy atom. The van der Waals surface area contributed by atoms with Crippen molar-refractivity contribution in [1.82, 2.24) is 9.62 Å². The number of amides is 1. The van der Waals surface area contributed by atoms with E-state index in [9.17, 15) is 17.6 Å². The van der Waals surface area contributed by atoms with Crippen LogP contribution in [-0.2, 0) is 14.8 Å². The van der Waals surface area contributed by atoms with Crippen molar-refractivity contribution in [2.45, 2.75) is 24.0 Å². The number of sulfonamides is 1. The highest BCUT2D eigenvalue weighted by Crippen LogP contribution is 2.28. The zero-order valence-electron chi connectivity index (χ0n) is 15.6. The van der Waals surface area contributed by atoms with Crippen LogP contribution in [-0.4, -0.2) is 44.9 Å². The van der Waals surface area contributed by atoms with Crippen LogP contribution in [0.1, 0.15) is 17.7 Å². The minimum atomic E-state index is -3.56. The summed E-state index contributed by atoms with van der Waals surface area (Å²) >= 11 is 1.24. The topological polar surface area (TPSA) is 75.7 Å². The molecule has 0 spiro atoms. The summed E-state index contributed by atoms with van der Waals surface area (Å²) in [4.78, 5) is 13.4. The normalized spacial score (nSPS) is 18.0. The number of thiophene rings is 1. The number of rotatable bonds is 7. The number of aryl methyl sites for hydroxylation is 1. The van der Waals surface area contributed by atoms with Gasteiger partial charge in [0.1, 0.15) is 22.4 Å². The Kier molecular flexibility index (Phi) is 6.69. The molecule has 1 N–H and O–H groups in total. The summed E-state index contributed by atoms with van der Waals surface area (Å²) in [6, 6.07) is 9.05. The number of piperidine rings is 1. The van der Waals surface area contributed by atoms with Crippen molar-refractivity contribution >= 4 is 27.3 Å². The number of carbonyl (C=O) groups is 1. The number of ether oxygens (including phenoxy) is 1. The highest BCUT2D eigenvalue weighted by Gasteiger charge is 2.33. The lowest BCUT2D eigenvalue weighted by Crippen LogP contribution is -2.45. The molecule has 0 saturated carbocycles. The number of hydrogen-bond acceptors (Lipinski definition) is 5. The Balaban J connectivity index is 1.49. The smallest absolute Gasteiger partial charge is 0.252 e. The molecule has 0 bridgehead atoms. The summed E-state index contributed by atoms with van der Waals surface area (Å²) in [5.74, 6) is -0.368. The van der Waals surface area contributed by atoms with E-state index in [1.165, 1.54) is 39.9 Å². The van der Waals surface area contributed by atoms with Gasteiger partial charge in [0.15, 0.2) is 0 Å². The molecule has 0 aliphatic carbocycles. The second-order valence-electron chi connectivity index (χ2n) is 6.66. The van der Waals surface area contributed by atoms with Crippen LogP contribution in [0.3, 0.4) is 0 Å². The van der Waals surface area contributed by atoms with E-state index in [1.807, 2.05) is 6.92 Å². The zero-order valence-corrected chi connectivity index (χ0v) is 17.2.